The lowest BCUT2D eigenvalue weighted by Crippen LogP contribution is -2.34. The highest BCUT2D eigenvalue weighted by Crippen LogP contribution is 2.54. The van der Waals surface area contributed by atoms with E-state index in [1.165, 1.54) is 0 Å². The molecule has 0 bridgehead atoms. The normalized spacial score (nSPS) is 15.8. The lowest BCUT2D eigenvalue weighted by molar-refractivity contribution is 0.114. The van der Waals surface area contributed by atoms with Crippen LogP contribution >= 0.6 is 6.49 Å². The minimum atomic E-state index is -3.88. The molecule has 1 aromatic carbocycles. The van der Waals surface area contributed by atoms with E-state index in [1.54, 1.807) is 18.2 Å². The van der Waals surface area contributed by atoms with Crippen molar-refractivity contribution in [1.82, 2.24) is 0 Å². The fourth-order valence-corrected chi connectivity index (χ4v) is 2.70. The van der Waals surface area contributed by atoms with Crippen LogP contribution in [0.4, 0.5) is 0 Å². The Kier molecular flexibility index (Phi) is 4.23. The van der Waals surface area contributed by atoms with Crippen molar-refractivity contribution in [2.45, 2.75) is 18.7 Å². The van der Waals surface area contributed by atoms with Gasteiger partial charge in [-0.15, -0.1) is 0 Å². The van der Waals surface area contributed by atoms with Crippen molar-refractivity contribution >= 4 is 18.3 Å². The molecule has 0 saturated carbocycles. The quantitative estimate of drug-likeness (QED) is 0.598. The van der Waals surface area contributed by atoms with Gasteiger partial charge in [0.15, 0.2) is 5.34 Å². The molecule has 4 nitrogen and oxygen atoms in total. The summed E-state index contributed by atoms with van der Waals surface area (Å²) in [4.78, 5) is 19.0. The average Bonchev–Trinajstić information content (AvgIpc) is 2.26. The lowest BCUT2D eigenvalue weighted by Gasteiger charge is -2.31. The molecule has 1 aromatic rings. The third-order valence-corrected chi connectivity index (χ3v) is 4.87. The topological polar surface area (TPSA) is 86.7 Å². The second-order valence-electron chi connectivity index (χ2n) is 3.62. The van der Waals surface area contributed by atoms with Gasteiger partial charge in [0.2, 0.25) is 6.49 Å². The number of nitrogens with two attached hydrogens (primary N) is 1. The first-order chi connectivity index (χ1) is 7.35. The van der Waals surface area contributed by atoms with Gasteiger partial charge in [0, 0.05) is 6.54 Å². The summed E-state index contributed by atoms with van der Waals surface area (Å²) in [6.07, 6.45) is 0.786. The van der Waals surface area contributed by atoms with Crippen molar-refractivity contribution in [3.63, 3.8) is 0 Å². The molecule has 1 atom stereocenters. The molecule has 0 aliphatic carbocycles. The van der Waals surface area contributed by atoms with Crippen LogP contribution in [0.3, 0.4) is 0 Å². The first kappa shape index (κ1) is 13.8. The largest absolute Gasteiger partial charge is 0.374 e. The van der Waals surface area contributed by atoms with Crippen molar-refractivity contribution in [3.05, 3.63) is 35.4 Å². The molecule has 0 amide bonds. The number of aryl methyl sites for hydroxylation is 1. The van der Waals surface area contributed by atoms with Crippen LogP contribution < -0.4 is 5.73 Å². The maximum absolute atomic E-state index is 10.2. The van der Waals surface area contributed by atoms with Crippen LogP contribution in [0, 0.1) is 0 Å². The van der Waals surface area contributed by atoms with Crippen molar-refractivity contribution in [2.75, 3.05) is 6.54 Å². The Morgan fingerprint density at radius 2 is 2.06 bits per heavy atom. The predicted molar refractivity (Wildman–Crippen MR) is 67.5 cm³/mol. The summed E-state index contributed by atoms with van der Waals surface area (Å²) in [6.45, 7) is -2.22. The molecule has 0 spiro atoms. The Bertz CT molecular complexity index is 420. The summed E-state index contributed by atoms with van der Waals surface area (Å²) in [7, 11) is 0. The van der Waals surface area contributed by atoms with Gasteiger partial charge in [0.1, 0.15) is 0 Å². The summed E-state index contributed by atoms with van der Waals surface area (Å²) in [5.41, 5.74) is 6.75. The SMILES string of the molecule is CCc1cccc(C(O)(CN)P(O)(O)=S)c1. The van der Waals surface area contributed by atoms with Gasteiger partial charge < -0.3 is 20.6 Å². The Labute approximate surface area is 99.9 Å². The first-order valence-corrected chi connectivity index (χ1v) is 7.63. The molecule has 16 heavy (non-hydrogen) atoms. The van der Waals surface area contributed by atoms with Gasteiger partial charge in [-0.1, -0.05) is 31.2 Å². The number of aliphatic hydroxyl groups is 1. The number of benzene rings is 1. The van der Waals surface area contributed by atoms with Gasteiger partial charge in [-0.2, -0.15) is 0 Å². The molecule has 0 heterocycles. The van der Waals surface area contributed by atoms with Gasteiger partial charge in [-0.05, 0) is 29.4 Å². The van der Waals surface area contributed by atoms with E-state index in [0.29, 0.717) is 5.56 Å². The average molecular weight is 261 g/mol. The summed E-state index contributed by atoms with van der Waals surface area (Å²) in [6, 6.07) is 6.92. The molecule has 0 aliphatic rings. The van der Waals surface area contributed by atoms with Crippen LogP contribution in [-0.2, 0) is 23.6 Å². The zero-order valence-corrected chi connectivity index (χ0v) is 10.7. The van der Waals surface area contributed by atoms with E-state index in [1.807, 2.05) is 13.0 Å². The molecule has 0 aromatic heterocycles. The van der Waals surface area contributed by atoms with Crippen molar-refractivity contribution in [3.8, 4) is 0 Å². The van der Waals surface area contributed by atoms with Gasteiger partial charge >= 0.3 is 0 Å². The van der Waals surface area contributed by atoms with E-state index in [2.05, 4.69) is 11.8 Å². The molecule has 90 valence electrons. The van der Waals surface area contributed by atoms with Gasteiger partial charge in [0.05, 0.1) is 0 Å². The fourth-order valence-electron chi connectivity index (χ4n) is 1.45. The highest BCUT2D eigenvalue weighted by Gasteiger charge is 2.41. The highest BCUT2D eigenvalue weighted by atomic mass is 32.5. The molecular weight excluding hydrogens is 245 g/mol. The summed E-state index contributed by atoms with van der Waals surface area (Å²) >= 11 is 4.57. The van der Waals surface area contributed by atoms with Gasteiger partial charge in [0.25, 0.3) is 0 Å². The van der Waals surface area contributed by atoms with Crippen LogP contribution in [0.25, 0.3) is 0 Å². The van der Waals surface area contributed by atoms with Crippen molar-refractivity contribution < 1.29 is 14.9 Å². The maximum atomic E-state index is 10.2. The van der Waals surface area contributed by atoms with Crippen LogP contribution in [0.15, 0.2) is 24.3 Å². The molecule has 0 aliphatic heterocycles. The molecule has 0 radical (unpaired) electrons. The monoisotopic (exact) mass is 261 g/mol. The molecule has 0 fully saturated rings. The molecule has 1 unspecified atom stereocenters. The van der Waals surface area contributed by atoms with E-state index in [4.69, 9.17) is 5.73 Å². The molecular formula is C10H16NO3PS. The third kappa shape index (κ3) is 2.51. The van der Waals surface area contributed by atoms with Crippen LogP contribution in [0.5, 0.6) is 0 Å². The minimum absolute atomic E-state index is 0.315. The van der Waals surface area contributed by atoms with Crippen LogP contribution in [0.2, 0.25) is 0 Å². The van der Waals surface area contributed by atoms with Crippen molar-refractivity contribution in [2.24, 2.45) is 5.73 Å². The predicted octanol–water partition coefficient (Wildman–Crippen LogP) is 0.647. The highest BCUT2D eigenvalue weighted by molar-refractivity contribution is 8.09. The molecule has 5 N–H and O–H groups in total. The van der Waals surface area contributed by atoms with E-state index in [-0.39, 0.29) is 6.54 Å². The summed E-state index contributed by atoms with van der Waals surface area (Å²) in [5.74, 6) is 0. The molecule has 0 saturated heterocycles. The Morgan fingerprint density at radius 3 is 2.50 bits per heavy atom. The minimum Gasteiger partial charge on any atom is -0.374 e. The van der Waals surface area contributed by atoms with E-state index < -0.39 is 11.8 Å². The van der Waals surface area contributed by atoms with E-state index in [9.17, 15) is 14.9 Å². The van der Waals surface area contributed by atoms with Gasteiger partial charge in [-0.25, -0.2) is 0 Å². The lowest BCUT2D eigenvalue weighted by atomic mass is 10.0. The second kappa shape index (κ2) is 4.92. The number of hydrogen-bond donors (Lipinski definition) is 4. The fraction of sp³-hybridized carbons (Fsp3) is 0.400. The second-order valence-corrected chi connectivity index (χ2v) is 6.97. The standard InChI is InChI=1S/C10H16NO3PS/c1-2-8-4-3-5-9(6-8)10(12,7-11)15(13,14)16/h3-6,12H,2,7,11H2,1H3,(H2,13,14,16). The summed E-state index contributed by atoms with van der Waals surface area (Å²) < 4.78 is 0. The molecule has 6 heteroatoms. The summed E-state index contributed by atoms with van der Waals surface area (Å²) in [5, 5.41) is 8.24. The Morgan fingerprint density at radius 1 is 1.44 bits per heavy atom. The first-order valence-electron chi connectivity index (χ1n) is 4.92. The smallest absolute Gasteiger partial charge is 0.221 e. The van der Waals surface area contributed by atoms with Gasteiger partial charge in [-0.3, -0.25) is 0 Å². The Hall–Kier alpha value is -0.290. The zero-order valence-electron chi connectivity index (χ0n) is 9.00. The third-order valence-electron chi connectivity index (χ3n) is 2.56. The van der Waals surface area contributed by atoms with E-state index in [0.717, 1.165) is 12.0 Å². The molecule has 1 rings (SSSR count). The van der Waals surface area contributed by atoms with Crippen LogP contribution in [-0.4, -0.2) is 21.4 Å². The van der Waals surface area contributed by atoms with E-state index >= 15 is 0 Å². The van der Waals surface area contributed by atoms with Crippen LogP contribution in [0.1, 0.15) is 18.1 Å². The van der Waals surface area contributed by atoms with Crippen molar-refractivity contribution in [1.29, 1.82) is 0 Å². The number of hydrogen-bond acceptors (Lipinski definition) is 3. The zero-order chi connectivity index (χ0) is 12.4. The number of rotatable bonds is 4. The Balaban J connectivity index is 3.28. The maximum Gasteiger partial charge on any atom is 0.221 e.